The van der Waals surface area contributed by atoms with E-state index in [1.165, 1.54) is 18.4 Å². The Morgan fingerprint density at radius 2 is 2.19 bits per heavy atom. The van der Waals surface area contributed by atoms with Gasteiger partial charge in [0.25, 0.3) is 0 Å². The smallest absolute Gasteiger partial charge is 0.224 e. The Morgan fingerprint density at radius 1 is 1.33 bits per heavy atom. The maximum absolute atomic E-state index is 5.92. The van der Waals surface area contributed by atoms with Crippen LogP contribution in [-0.2, 0) is 25.9 Å². The first kappa shape index (κ1) is 14.1. The number of ether oxygens (including phenoxy) is 1. The van der Waals surface area contributed by atoms with E-state index in [0.29, 0.717) is 12.4 Å². The molecule has 0 saturated carbocycles. The molecule has 2 N–H and O–H groups in total. The Morgan fingerprint density at radius 3 is 3.00 bits per heavy atom. The van der Waals surface area contributed by atoms with Gasteiger partial charge in [-0.1, -0.05) is 6.92 Å². The van der Waals surface area contributed by atoms with Crippen LogP contribution in [-0.4, -0.2) is 14.8 Å². The predicted molar refractivity (Wildman–Crippen MR) is 81.4 cm³/mol. The number of aromatic nitrogens is 3. The quantitative estimate of drug-likeness (QED) is 0.918. The molecule has 5 heteroatoms. The van der Waals surface area contributed by atoms with Crippen LogP contribution in [0.1, 0.15) is 43.0 Å². The summed E-state index contributed by atoms with van der Waals surface area (Å²) in [4.78, 5) is 4.70. The van der Waals surface area contributed by atoms with Crippen LogP contribution in [0.4, 0.5) is 0 Å². The van der Waals surface area contributed by atoms with Gasteiger partial charge in [0.15, 0.2) is 5.75 Å². The second-order valence-electron chi connectivity index (χ2n) is 5.51. The highest BCUT2D eigenvalue weighted by Crippen LogP contribution is 2.28. The zero-order valence-corrected chi connectivity index (χ0v) is 12.5. The van der Waals surface area contributed by atoms with E-state index in [1.54, 1.807) is 6.20 Å². The normalized spacial score (nSPS) is 14.0. The molecule has 0 saturated heterocycles. The molecular weight excluding hydrogens is 264 g/mol. The standard InChI is InChI=1S/C16H22N4O/c1-2-7-20-11-14(10-18-20)21-16-13(9-17)8-12-5-3-4-6-15(12)19-16/h8,10-11H,2-7,9,17H2,1H3. The van der Waals surface area contributed by atoms with E-state index >= 15 is 0 Å². The van der Waals surface area contributed by atoms with Gasteiger partial charge < -0.3 is 10.5 Å². The Bertz CT molecular complexity index is 621. The molecule has 0 fully saturated rings. The second kappa shape index (κ2) is 6.26. The number of rotatable bonds is 5. The van der Waals surface area contributed by atoms with Crippen molar-refractivity contribution >= 4 is 0 Å². The molecule has 21 heavy (non-hydrogen) atoms. The Labute approximate surface area is 125 Å². The third kappa shape index (κ3) is 3.08. The van der Waals surface area contributed by atoms with Crippen LogP contribution >= 0.6 is 0 Å². The van der Waals surface area contributed by atoms with Crippen molar-refractivity contribution in [2.24, 2.45) is 5.73 Å². The zero-order chi connectivity index (χ0) is 14.7. The molecule has 1 aliphatic rings. The summed E-state index contributed by atoms with van der Waals surface area (Å²) in [7, 11) is 0. The molecule has 0 unspecified atom stereocenters. The summed E-state index contributed by atoms with van der Waals surface area (Å²) in [6.07, 6.45) is 9.27. The van der Waals surface area contributed by atoms with Crippen molar-refractivity contribution < 1.29 is 4.74 Å². The lowest BCUT2D eigenvalue weighted by atomic mass is 9.95. The fourth-order valence-corrected chi connectivity index (χ4v) is 2.76. The van der Waals surface area contributed by atoms with Gasteiger partial charge in [-0.15, -0.1) is 0 Å². The largest absolute Gasteiger partial charge is 0.435 e. The number of fused-ring (bicyclic) bond motifs is 1. The van der Waals surface area contributed by atoms with E-state index in [0.717, 1.165) is 42.8 Å². The van der Waals surface area contributed by atoms with Gasteiger partial charge in [-0.25, -0.2) is 4.98 Å². The first-order valence-electron chi connectivity index (χ1n) is 7.72. The predicted octanol–water partition coefficient (Wildman–Crippen LogP) is 2.82. The zero-order valence-electron chi connectivity index (χ0n) is 12.5. The molecule has 0 radical (unpaired) electrons. The van der Waals surface area contributed by atoms with Gasteiger partial charge >= 0.3 is 0 Å². The van der Waals surface area contributed by atoms with Gasteiger partial charge in [-0.3, -0.25) is 4.68 Å². The number of hydrogen-bond donors (Lipinski definition) is 1. The van der Waals surface area contributed by atoms with Crippen molar-refractivity contribution in [2.45, 2.75) is 52.1 Å². The number of pyridine rings is 1. The minimum atomic E-state index is 0.443. The molecule has 0 bridgehead atoms. The van der Waals surface area contributed by atoms with E-state index in [4.69, 9.17) is 15.5 Å². The monoisotopic (exact) mass is 286 g/mol. The molecule has 2 aromatic rings. The van der Waals surface area contributed by atoms with Crippen LogP contribution in [0.5, 0.6) is 11.6 Å². The lowest BCUT2D eigenvalue weighted by Crippen LogP contribution is -2.10. The number of aryl methyl sites for hydroxylation is 3. The van der Waals surface area contributed by atoms with Gasteiger partial charge in [0.05, 0.1) is 12.4 Å². The average molecular weight is 286 g/mol. The molecule has 0 spiro atoms. The fraction of sp³-hybridized carbons (Fsp3) is 0.500. The summed E-state index contributed by atoms with van der Waals surface area (Å²) in [6, 6.07) is 2.16. The first-order valence-corrected chi connectivity index (χ1v) is 7.72. The van der Waals surface area contributed by atoms with Gasteiger partial charge in [0.2, 0.25) is 5.88 Å². The molecule has 0 aromatic carbocycles. The maximum atomic E-state index is 5.92. The number of nitrogens with zero attached hydrogens (tertiary/aromatic N) is 3. The summed E-state index contributed by atoms with van der Waals surface area (Å²) in [6.45, 7) is 3.46. The molecule has 3 rings (SSSR count). The Hall–Kier alpha value is -1.88. The molecule has 112 valence electrons. The molecule has 2 heterocycles. The summed E-state index contributed by atoms with van der Waals surface area (Å²) in [5.74, 6) is 1.36. The summed E-state index contributed by atoms with van der Waals surface area (Å²) in [5.41, 5.74) is 9.31. The molecule has 0 amide bonds. The molecule has 0 atom stereocenters. The topological polar surface area (TPSA) is 66.0 Å². The summed E-state index contributed by atoms with van der Waals surface area (Å²) >= 11 is 0. The van der Waals surface area contributed by atoms with Gasteiger partial charge in [-0.2, -0.15) is 5.10 Å². The lowest BCUT2D eigenvalue weighted by Gasteiger charge is -2.17. The minimum Gasteiger partial charge on any atom is -0.435 e. The van der Waals surface area contributed by atoms with E-state index in [1.807, 2.05) is 10.9 Å². The number of nitrogens with two attached hydrogens (primary N) is 1. The highest BCUT2D eigenvalue weighted by molar-refractivity contribution is 5.37. The molecule has 5 nitrogen and oxygen atoms in total. The van der Waals surface area contributed by atoms with Crippen LogP contribution in [0, 0.1) is 0 Å². The van der Waals surface area contributed by atoms with Crippen molar-refractivity contribution in [1.29, 1.82) is 0 Å². The van der Waals surface area contributed by atoms with Crippen LogP contribution in [0.15, 0.2) is 18.5 Å². The minimum absolute atomic E-state index is 0.443. The lowest BCUT2D eigenvalue weighted by molar-refractivity contribution is 0.449. The van der Waals surface area contributed by atoms with E-state index in [9.17, 15) is 0 Å². The van der Waals surface area contributed by atoms with Crippen molar-refractivity contribution in [3.05, 3.63) is 35.3 Å². The average Bonchev–Trinajstić information content (AvgIpc) is 2.94. The van der Waals surface area contributed by atoms with E-state index < -0.39 is 0 Å². The summed E-state index contributed by atoms with van der Waals surface area (Å²) in [5, 5.41) is 4.28. The molecular formula is C16H22N4O. The fourth-order valence-electron chi connectivity index (χ4n) is 2.76. The Kier molecular flexibility index (Phi) is 4.20. The highest BCUT2D eigenvalue weighted by Gasteiger charge is 2.16. The Balaban J connectivity index is 1.86. The second-order valence-corrected chi connectivity index (χ2v) is 5.51. The van der Waals surface area contributed by atoms with Gasteiger partial charge in [0.1, 0.15) is 0 Å². The van der Waals surface area contributed by atoms with E-state index in [-0.39, 0.29) is 0 Å². The third-order valence-corrected chi connectivity index (χ3v) is 3.84. The van der Waals surface area contributed by atoms with Crippen molar-refractivity contribution in [1.82, 2.24) is 14.8 Å². The highest BCUT2D eigenvalue weighted by atomic mass is 16.5. The number of hydrogen-bond acceptors (Lipinski definition) is 4. The maximum Gasteiger partial charge on any atom is 0.224 e. The SMILES string of the molecule is CCCn1cc(Oc2nc3c(cc2CN)CCCC3)cn1. The summed E-state index contributed by atoms with van der Waals surface area (Å²) < 4.78 is 7.80. The van der Waals surface area contributed by atoms with Crippen LogP contribution < -0.4 is 10.5 Å². The molecule has 2 aromatic heterocycles. The molecule has 1 aliphatic carbocycles. The van der Waals surface area contributed by atoms with Crippen molar-refractivity contribution in [3.8, 4) is 11.6 Å². The van der Waals surface area contributed by atoms with E-state index in [2.05, 4.69) is 18.1 Å². The first-order chi connectivity index (χ1) is 10.3. The van der Waals surface area contributed by atoms with Crippen LogP contribution in [0.3, 0.4) is 0 Å². The van der Waals surface area contributed by atoms with Gasteiger partial charge in [0, 0.05) is 24.3 Å². The van der Waals surface area contributed by atoms with Gasteiger partial charge in [-0.05, 0) is 43.7 Å². The third-order valence-electron chi connectivity index (χ3n) is 3.84. The van der Waals surface area contributed by atoms with Crippen molar-refractivity contribution in [2.75, 3.05) is 0 Å². The molecule has 0 aliphatic heterocycles. The van der Waals surface area contributed by atoms with Crippen LogP contribution in [0.2, 0.25) is 0 Å². The van der Waals surface area contributed by atoms with Crippen LogP contribution in [0.25, 0.3) is 0 Å². The van der Waals surface area contributed by atoms with Crippen molar-refractivity contribution in [3.63, 3.8) is 0 Å².